The van der Waals surface area contributed by atoms with E-state index >= 15 is 0 Å². The zero-order valence-electron chi connectivity index (χ0n) is 20.7. The highest BCUT2D eigenvalue weighted by atomic mass is 35.5. The molecule has 0 bridgehead atoms. The van der Waals surface area contributed by atoms with Gasteiger partial charge in [-0.3, -0.25) is 0 Å². The molecule has 11 heteroatoms. The molecule has 0 radical (unpaired) electrons. The Hall–Kier alpha value is -1.69. The van der Waals surface area contributed by atoms with Gasteiger partial charge in [0.25, 0.3) is 0 Å². The third-order valence-electron chi connectivity index (χ3n) is 8.34. The van der Waals surface area contributed by atoms with Crippen molar-refractivity contribution in [2.75, 3.05) is 55.8 Å². The van der Waals surface area contributed by atoms with Crippen LogP contribution >= 0.6 is 23.4 Å². The van der Waals surface area contributed by atoms with Gasteiger partial charge in [-0.1, -0.05) is 30.8 Å². The highest BCUT2D eigenvalue weighted by Gasteiger charge is 2.50. The van der Waals surface area contributed by atoms with Crippen LogP contribution in [0.3, 0.4) is 0 Å². The zero-order valence-corrected chi connectivity index (χ0v) is 22.3. The topological polar surface area (TPSA) is 110 Å². The lowest BCUT2D eigenvalue weighted by atomic mass is 9.73. The van der Waals surface area contributed by atoms with Crippen LogP contribution in [0.1, 0.15) is 38.6 Å². The number of hydrogen-bond donors (Lipinski definition) is 2. The number of hydrogen-bond acceptors (Lipinski definition) is 10. The Labute approximate surface area is 228 Å². The highest BCUT2D eigenvalue weighted by Crippen LogP contribution is 2.45. The van der Waals surface area contributed by atoms with E-state index in [-0.39, 0.29) is 37.0 Å². The van der Waals surface area contributed by atoms with Crippen molar-refractivity contribution in [3.05, 3.63) is 28.7 Å². The summed E-state index contributed by atoms with van der Waals surface area (Å²) in [5.41, 5.74) is 8.19. The van der Waals surface area contributed by atoms with E-state index in [1.54, 1.807) is 6.20 Å². The van der Waals surface area contributed by atoms with Gasteiger partial charge in [-0.05, 0) is 32.8 Å². The van der Waals surface area contributed by atoms with Crippen molar-refractivity contribution >= 4 is 35.0 Å². The fourth-order valence-corrected chi connectivity index (χ4v) is 7.14. The number of nitrogens with zero attached hydrogens (tertiary/aromatic N) is 5. The Kier molecular flexibility index (Phi) is 7.36. The van der Waals surface area contributed by atoms with Crippen LogP contribution in [0.15, 0.2) is 22.2 Å². The van der Waals surface area contributed by atoms with Gasteiger partial charge in [-0.25, -0.2) is 15.0 Å². The maximum absolute atomic E-state index is 10.2. The summed E-state index contributed by atoms with van der Waals surface area (Å²) in [6.45, 7) is 9.67. The van der Waals surface area contributed by atoms with Crippen LogP contribution in [-0.4, -0.2) is 78.2 Å². The second-order valence-corrected chi connectivity index (χ2v) is 12.2. The van der Waals surface area contributed by atoms with Gasteiger partial charge < -0.3 is 30.1 Å². The molecule has 0 unspecified atom stereocenters. The first-order valence-electron chi connectivity index (χ1n) is 12.6. The minimum Gasteiger partial charge on any atom is -0.390 e. The first kappa shape index (κ1) is 26.9. The minimum absolute atomic E-state index is 0. The molecule has 2 atom stereocenters. The molecule has 4 saturated heterocycles. The Morgan fingerprint density at radius 2 is 1.89 bits per heavy atom. The second kappa shape index (κ2) is 10.1. The van der Waals surface area contributed by atoms with Crippen LogP contribution in [0, 0.1) is 17.8 Å². The molecule has 37 heavy (non-hydrogen) atoms. The van der Waals surface area contributed by atoms with E-state index in [2.05, 4.69) is 21.7 Å². The molecule has 2 spiro atoms. The second-order valence-electron chi connectivity index (χ2n) is 10.8. The summed E-state index contributed by atoms with van der Waals surface area (Å²) in [7, 11) is 0. The number of aliphatic hydroxyl groups is 1. The fourth-order valence-electron chi connectivity index (χ4n) is 5.92. The van der Waals surface area contributed by atoms with Gasteiger partial charge in [0, 0.05) is 48.7 Å². The van der Waals surface area contributed by atoms with Crippen molar-refractivity contribution in [3.8, 4) is 0 Å². The molecule has 0 aliphatic carbocycles. The van der Waals surface area contributed by atoms with Gasteiger partial charge in [-0.2, -0.15) is 0 Å². The minimum atomic E-state index is -0.176. The van der Waals surface area contributed by atoms with Crippen molar-refractivity contribution in [1.29, 1.82) is 0 Å². The zero-order chi connectivity index (χ0) is 25.1. The van der Waals surface area contributed by atoms with E-state index in [1.807, 2.05) is 13.0 Å². The van der Waals surface area contributed by atoms with E-state index in [9.17, 15) is 5.11 Å². The van der Waals surface area contributed by atoms with Gasteiger partial charge in [0.2, 0.25) is 0 Å². The molecule has 3 N–H and O–H groups in total. The summed E-state index contributed by atoms with van der Waals surface area (Å²) in [6, 6.07) is 1.96. The molecule has 2 aromatic rings. The molecule has 6 heterocycles. The summed E-state index contributed by atoms with van der Waals surface area (Å²) >= 11 is 8.27. The molecule has 4 aliphatic heterocycles. The number of pyridine rings is 1. The SMILES string of the molecule is C.Cc1nc(N2CCC3(CC2)CO[C@@H](C)[C@H]3N)c(CO)nc1Sc1ccnc(N2CC3(COC3)C2)c1Cl. The summed E-state index contributed by atoms with van der Waals surface area (Å²) in [5.74, 6) is 1.55. The van der Waals surface area contributed by atoms with E-state index < -0.39 is 0 Å². The first-order chi connectivity index (χ1) is 17.3. The number of anilines is 2. The Balaban J connectivity index is 0.00000280. The van der Waals surface area contributed by atoms with Crippen LogP contribution in [0.4, 0.5) is 11.6 Å². The van der Waals surface area contributed by atoms with Crippen LogP contribution in [0.5, 0.6) is 0 Å². The quantitative estimate of drug-likeness (QED) is 0.577. The third kappa shape index (κ3) is 4.59. The molecular formula is C26H37ClN6O3S. The van der Waals surface area contributed by atoms with Crippen molar-refractivity contribution in [3.63, 3.8) is 0 Å². The standard InChI is InChI=1S/C25H33ClN6O3S.CH4/c1-15-23(36-18-3-6-28-22(19(18)26)32-10-24(11-32)12-34-13-24)30-17(9-33)21(29-15)31-7-4-25(5-8-31)14-35-16(2)20(25)27;/h3,6,16,20,33H,4-5,7-14,27H2,1-2H3;1H4/t16-,20+;/m0./s1. The number of nitrogens with two attached hydrogens (primary N) is 1. The van der Waals surface area contributed by atoms with Crippen LogP contribution in [0.25, 0.3) is 0 Å². The lowest BCUT2D eigenvalue weighted by Crippen LogP contribution is -2.66. The lowest BCUT2D eigenvalue weighted by molar-refractivity contribution is -0.127. The number of aliphatic hydroxyl groups excluding tert-OH is 1. The fraction of sp³-hybridized carbons (Fsp3) is 0.654. The number of rotatable bonds is 5. The van der Waals surface area contributed by atoms with Crippen molar-refractivity contribution < 1.29 is 14.6 Å². The number of halogens is 1. The molecule has 2 aromatic heterocycles. The molecule has 202 valence electrons. The van der Waals surface area contributed by atoms with Gasteiger partial charge in [0.1, 0.15) is 16.5 Å². The molecule has 6 rings (SSSR count). The predicted octanol–water partition coefficient (Wildman–Crippen LogP) is 3.28. The monoisotopic (exact) mass is 548 g/mol. The lowest BCUT2D eigenvalue weighted by Gasteiger charge is -2.55. The Morgan fingerprint density at radius 3 is 2.49 bits per heavy atom. The van der Waals surface area contributed by atoms with E-state index in [0.717, 1.165) is 86.1 Å². The molecule has 4 aliphatic rings. The summed E-state index contributed by atoms with van der Waals surface area (Å²) in [5, 5.41) is 11.5. The third-order valence-corrected chi connectivity index (χ3v) is 9.97. The number of aryl methyl sites for hydroxylation is 1. The smallest absolute Gasteiger partial charge is 0.153 e. The van der Waals surface area contributed by atoms with E-state index in [0.29, 0.717) is 10.7 Å². The van der Waals surface area contributed by atoms with Crippen LogP contribution in [0.2, 0.25) is 5.02 Å². The van der Waals surface area contributed by atoms with Gasteiger partial charge in [0.05, 0.1) is 48.7 Å². The number of piperidine rings is 1. The van der Waals surface area contributed by atoms with Gasteiger partial charge in [-0.15, -0.1) is 0 Å². The van der Waals surface area contributed by atoms with E-state index in [4.69, 9.17) is 36.8 Å². The summed E-state index contributed by atoms with van der Waals surface area (Å²) in [6.07, 6.45) is 3.77. The van der Waals surface area contributed by atoms with E-state index in [1.165, 1.54) is 11.8 Å². The predicted molar refractivity (Wildman–Crippen MR) is 146 cm³/mol. The molecule has 9 nitrogen and oxygen atoms in total. The molecule has 4 fully saturated rings. The average molecular weight is 549 g/mol. The Morgan fingerprint density at radius 1 is 1.16 bits per heavy atom. The van der Waals surface area contributed by atoms with Crippen molar-refractivity contribution in [2.24, 2.45) is 16.6 Å². The summed E-state index contributed by atoms with van der Waals surface area (Å²) < 4.78 is 11.2. The highest BCUT2D eigenvalue weighted by molar-refractivity contribution is 7.99. The Bertz CT molecular complexity index is 1150. The maximum atomic E-state index is 10.2. The average Bonchev–Trinajstić information content (AvgIpc) is 3.09. The van der Waals surface area contributed by atoms with Crippen molar-refractivity contribution in [2.45, 2.75) is 62.8 Å². The first-order valence-corrected chi connectivity index (χ1v) is 13.8. The molecule has 0 amide bonds. The van der Waals surface area contributed by atoms with Gasteiger partial charge in [0.15, 0.2) is 5.82 Å². The van der Waals surface area contributed by atoms with Crippen molar-refractivity contribution in [1.82, 2.24) is 15.0 Å². The summed E-state index contributed by atoms with van der Waals surface area (Å²) in [4.78, 5) is 19.6. The molecule has 0 saturated carbocycles. The molecule has 0 aromatic carbocycles. The number of ether oxygens (including phenoxy) is 2. The normalized spacial score (nSPS) is 25.6. The van der Waals surface area contributed by atoms with Gasteiger partial charge >= 0.3 is 0 Å². The largest absolute Gasteiger partial charge is 0.390 e. The maximum Gasteiger partial charge on any atom is 0.153 e. The number of aromatic nitrogens is 3. The molecular weight excluding hydrogens is 512 g/mol. The van der Waals surface area contributed by atoms with Crippen LogP contribution < -0.4 is 15.5 Å². The van der Waals surface area contributed by atoms with Crippen LogP contribution in [-0.2, 0) is 16.1 Å².